The van der Waals surface area contributed by atoms with Gasteiger partial charge in [0.05, 0.1) is 49.7 Å². The highest BCUT2D eigenvalue weighted by Crippen LogP contribution is 2.38. The zero-order valence-electron chi connectivity index (χ0n) is 28.9. The van der Waals surface area contributed by atoms with Crippen LogP contribution in [0.1, 0.15) is 38.0 Å². The summed E-state index contributed by atoms with van der Waals surface area (Å²) < 4.78 is 5.47. The Hall–Kier alpha value is -4.10. The molecule has 7 nitrogen and oxygen atoms in total. The Labute approximate surface area is 362 Å². The van der Waals surface area contributed by atoms with Gasteiger partial charge in [-0.1, -0.05) is 88.3 Å². The van der Waals surface area contributed by atoms with Gasteiger partial charge in [0.15, 0.2) is 5.78 Å². The standard InChI is InChI=1S/C24H14Cl3NO3S.C17H10BrCl2NO2S/c1-12(29)13-3-6-19(25)17(8-13)16-5-2-15(9-18(16)24(30)31)23-28-22(11-32-23)14-4-7-20(26)21(27)10-14;1-23-17(22)11-6-10(2-4-12(11)18)16-21-15(8-24-16)9-3-5-13(19)14(20)7-9/h2-11H,1H3,(H,30,31);2-8H,1H3. The van der Waals surface area contributed by atoms with Crippen molar-refractivity contribution in [3.05, 3.63) is 148 Å². The lowest BCUT2D eigenvalue weighted by molar-refractivity contribution is 0.0598. The Morgan fingerprint density at radius 2 is 1.11 bits per heavy atom. The molecule has 5 aromatic carbocycles. The maximum Gasteiger partial charge on any atom is 0.339 e. The molecule has 1 N–H and O–H groups in total. The number of esters is 1. The Kier molecular flexibility index (Phi) is 13.4. The molecule has 0 fully saturated rings. The van der Waals surface area contributed by atoms with E-state index in [0.717, 1.165) is 27.4 Å². The van der Waals surface area contributed by atoms with Gasteiger partial charge in [-0.05, 0) is 89.1 Å². The SMILES string of the molecule is CC(=O)c1ccc(Cl)c(-c2ccc(-c3nc(-c4ccc(Cl)c(Cl)c4)cs3)cc2C(=O)O)c1.COC(=O)c1cc(-c2nc(-c3ccc(Cl)c(Cl)c3)cs2)ccc1Br. The molecule has 7 aromatic rings. The van der Waals surface area contributed by atoms with Gasteiger partial charge in [0.2, 0.25) is 0 Å². The third kappa shape index (κ3) is 9.36. The molecule has 15 heteroatoms. The molecule has 0 spiro atoms. The van der Waals surface area contributed by atoms with E-state index in [4.69, 9.17) is 62.7 Å². The number of halogens is 6. The van der Waals surface area contributed by atoms with Crippen molar-refractivity contribution in [3.63, 3.8) is 0 Å². The first-order valence-electron chi connectivity index (χ1n) is 16.1. The van der Waals surface area contributed by atoms with Crippen molar-refractivity contribution >= 4 is 114 Å². The van der Waals surface area contributed by atoms with E-state index in [1.54, 1.807) is 66.7 Å². The fraction of sp³-hybridized carbons (Fsp3) is 0.0488. The average Bonchev–Trinajstić information content (AvgIpc) is 3.89. The molecule has 0 amide bonds. The summed E-state index contributed by atoms with van der Waals surface area (Å²) in [7, 11) is 1.35. The summed E-state index contributed by atoms with van der Waals surface area (Å²) in [6, 6.07) is 26.0. The molecule has 0 aliphatic rings. The van der Waals surface area contributed by atoms with Gasteiger partial charge in [-0.3, -0.25) is 4.79 Å². The summed E-state index contributed by atoms with van der Waals surface area (Å²) in [6.07, 6.45) is 0. The van der Waals surface area contributed by atoms with E-state index in [0.29, 0.717) is 68.1 Å². The number of ketones is 1. The lowest BCUT2D eigenvalue weighted by Gasteiger charge is -2.11. The number of hydrogen-bond acceptors (Lipinski definition) is 8. The van der Waals surface area contributed by atoms with Crippen molar-refractivity contribution in [2.24, 2.45) is 0 Å². The van der Waals surface area contributed by atoms with Crippen LogP contribution >= 0.6 is 96.6 Å². The largest absolute Gasteiger partial charge is 0.478 e. The number of hydrogen-bond donors (Lipinski definition) is 1. The number of Topliss-reactive ketones (excluding diaryl/α,β-unsaturated/α-hetero) is 1. The predicted molar refractivity (Wildman–Crippen MR) is 232 cm³/mol. The minimum atomic E-state index is -1.10. The molecule has 0 unspecified atom stereocenters. The molecule has 282 valence electrons. The zero-order chi connectivity index (χ0) is 40.3. The van der Waals surface area contributed by atoms with E-state index in [9.17, 15) is 19.5 Å². The van der Waals surface area contributed by atoms with Gasteiger partial charge in [0.1, 0.15) is 10.0 Å². The molecule has 2 heterocycles. The molecule has 56 heavy (non-hydrogen) atoms. The molecule has 0 aliphatic heterocycles. The second-order valence-electron chi connectivity index (χ2n) is 11.8. The third-order valence-electron chi connectivity index (χ3n) is 8.22. The maximum atomic E-state index is 12.1. The van der Waals surface area contributed by atoms with Crippen LogP contribution < -0.4 is 0 Å². The van der Waals surface area contributed by atoms with Crippen LogP contribution in [-0.2, 0) is 4.74 Å². The molecule has 0 aliphatic carbocycles. The van der Waals surface area contributed by atoms with Crippen molar-refractivity contribution in [2.45, 2.75) is 6.92 Å². The normalized spacial score (nSPS) is 10.8. The molecule has 0 atom stereocenters. The van der Waals surface area contributed by atoms with Gasteiger partial charge < -0.3 is 9.84 Å². The topological polar surface area (TPSA) is 106 Å². The van der Waals surface area contributed by atoms with Crippen LogP contribution in [0.4, 0.5) is 0 Å². The number of aromatic carboxylic acids is 1. The zero-order valence-corrected chi connectivity index (χ0v) is 35.9. The monoisotopic (exact) mass is 942 g/mol. The van der Waals surface area contributed by atoms with Crippen molar-refractivity contribution < 1.29 is 24.2 Å². The average molecular weight is 946 g/mol. The predicted octanol–water partition coefficient (Wildman–Crippen LogP) is 14.3. The smallest absolute Gasteiger partial charge is 0.339 e. The van der Waals surface area contributed by atoms with Gasteiger partial charge in [0, 0.05) is 53.6 Å². The van der Waals surface area contributed by atoms with Gasteiger partial charge >= 0.3 is 11.9 Å². The molecule has 0 bridgehead atoms. The first-order chi connectivity index (χ1) is 26.7. The van der Waals surface area contributed by atoms with E-state index >= 15 is 0 Å². The number of rotatable bonds is 8. The van der Waals surface area contributed by atoms with Crippen LogP contribution in [0.3, 0.4) is 0 Å². The van der Waals surface area contributed by atoms with Crippen molar-refractivity contribution in [1.29, 1.82) is 0 Å². The molecule has 7 rings (SSSR count). The Morgan fingerprint density at radius 1 is 0.607 bits per heavy atom. The highest BCUT2D eigenvalue weighted by Gasteiger charge is 2.19. The Morgan fingerprint density at radius 3 is 1.61 bits per heavy atom. The number of nitrogens with zero attached hydrogens (tertiary/aromatic N) is 2. The summed E-state index contributed by atoms with van der Waals surface area (Å²) in [5, 5.41) is 17.4. The molecule has 0 saturated heterocycles. The molecular formula is C41H24BrCl5N2O5S2. The number of methoxy groups -OCH3 is 1. The van der Waals surface area contributed by atoms with Crippen molar-refractivity contribution in [2.75, 3.05) is 7.11 Å². The van der Waals surface area contributed by atoms with E-state index in [1.807, 2.05) is 35.0 Å². The number of carboxylic acid groups (broad SMARTS) is 1. The van der Waals surface area contributed by atoms with Crippen LogP contribution in [0.15, 0.2) is 106 Å². The number of carboxylic acids is 1. The van der Waals surface area contributed by atoms with Crippen molar-refractivity contribution in [3.8, 4) is 54.8 Å². The highest BCUT2D eigenvalue weighted by atomic mass is 79.9. The Bertz CT molecular complexity index is 2660. The third-order valence-corrected chi connectivity index (χ3v) is 12.5. The Balaban J connectivity index is 0.000000198. The molecule has 0 radical (unpaired) electrons. The van der Waals surface area contributed by atoms with E-state index in [2.05, 4.69) is 25.9 Å². The number of carbonyl (C=O) groups is 3. The van der Waals surface area contributed by atoms with Crippen LogP contribution in [0.2, 0.25) is 25.1 Å². The van der Waals surface area contributed by atoms with Gasteiger partial charge in [-0.15, -0.1) is 22.7 Å². The summed E-state index contributed by atoms with van der Waals surface area (Å²) in [5.41, 5.74) is 6.60. The first kappa shape index (κ1) is 41.5. The van der Waals surface area contributed by atoms with Crippen molar-refractivity contribution in [1.82, 2.24) is 9.97 Å². The minimum absolute atomic E-state index is 0.0661. The van der Waals surface area contributed by atoms with Crippen LogP contribution in [0.25, 0.3) is 54.8 Å². The second-order valence-corrected chi connectivity index (χ2v) is 16.4. The van der Waals surface area contributed by atoms with E-state index < -0.39 is 11.9 Å². The fourth-order valence-electron chi connectivity index (χ4n) is 5.35. The molecule has 0 saturated carbocycles. The number of ether oxygens (including phenoxy) is 1. The van der Waals surface area contributed by atoms with E-state index in [1.165, 1.54) is 36.7 Å². The van der Waals surface area contributed by atoms with Crippen LogP contribution in [-0.4, -0.2) is 39.9 Å². The fourth-order valence-corrected chi connectivity index (χ4v) is 8.23. The highest BCUT2D eigenvalue weighted by molar-refractivity contribution is 9.10. The lowest BCUT2D eigenvalue weighted by atomic mass is 9.95. The lowest BCUT2D eigenvalue weighted by Crippen LogP contribution is -2.02. The van der Waals surface area contributed by atoms with Crippen LogP contribution in [0, 0.1) is 0 Å². The number of carbonyl (C=O) groups excluding carboxylic acids is 2. The number of aromatic nitrogens is 2. The van der Waals surface area contributed by atoms with Gasteiger partial charge in [-0.25, -0.2) is 19.6 Å². The van der Waals surface area contributed by atoms with Gasteiger partial charge in [-0.2, -0.15) is 0 Å². The number of benzene rings is 5. The molecule has 2 aromatic heterocycles. The number of thiazole rings is 2. The second kappa shape index (κ2) is 18.0. The summed E-state index contributed by atoms with van der Waals surface area (Å²) >= 11 is 36.7. The summed E-state index contributed by atoms with van der Waals surface area (Å²) in [5.74, 6) is -1.63. The molecular weight excluding hydrogens is 922 g/mol. The van der Waals surface area contributed by atoms with Crippen LogP contribution in [0.5, 0.6) is 0 Å². The quantitative estimate of drug-likeness (QED) is 0.119. The summed E-state index contributed by atoms with van der Waals surface area (Å²) in [6.45, 7) is 1.45. The first-order valence-corrected chi connectivity index (χ1v) is 20.6. The maximum absolute atomic E-state index is 12.1. The summed E-state index contributed by atoms with van der Waals surface area (Å²) in [4.78, 5) is 44.9. The minimum Gasteiger partial charge on any atom is -0.478 e. The van der Waals surface area contributed by atoms with Gasteiger partial charge in [0.25, 0.3) is 0 Å². The van der Waals surface area contributed by atoms with E-state index in [-0.39, 0.29) is 11.3 Å².